The van der Waals surface area contributed by atoms with Gasteiger partial charge in [-0.1, -0.05) is 55.8 Å². The average molecular weight is 679 g/mol. The number of ether oxygens (including phenoxy) is 3. The summed E-state index contributed by atoms with van der Waals surface area (Å²) in [7, 11) is 3.12. The van der Waals surface area contributed by atoms with E-state index in [1.54, 1.807) is 49.6 Å². The van der Waals surface area contributed by atoms with Gasteiger partial charge < -0.3 is 14.2 Å². The van der Waals surface area contributed by atoms with Gasteiger partial charge in [0.15, 0.2) is 17.3 Å². The van der Waals surface area contributed by atoms with Crippen molar-refractivity contribution in [2.45, 2.75) is 33.3 Å². The molecule has 0 spiro atoms. The normalized spacial score (nSPS) is 11.5. The summed E-state index contributed by atoms with van der Waals surface area (Å²) >= 11 is 10.2. The molecule has 0 radical (unpaired) electrons. The highest BCUT2D eigenvalue weighted by Crippen LogP contribution is 2.42. The van der Waals surface area contributed by atoms with E-state index in [-0.39, 0.29) is 34.7 Å². The fourth-order valence-corrected chi connectivity index (χ4v) is 5.50. The van der Waals surface area contributed by atoms with Crippen molar-refractivity contribution in [3.63, 3.8) is 0 Å². The number of nitrogens with zero attached hydrogens (tertiary/aromatic N) is 3. The Morgan fingerprint density at radius 1 is 1.05 bits per heavy atom. The van der Waals surface area contributed by atoms with Gasteiger partial charge in [0, 0.05) is 21.2 Å². The van der Waals surface area contributed by atoms with Crippen LogP contribution in [0.3, 0.4) is 0 Å². The van der Waals surface area contributed by atoms with Crippen LogP contribution in [-0.2, 0) is 6.61 Å². The Hall–Kier alpha value is -4.21. The van der Waals surface area contributed by atoms with Crippen molar-refractivity contribution < 1.29 is 18.6 Å². The van der Waals surface area contributed by atoms with Crippen LogP contribution in [0.2, 0.25) is 5.02 Å². The molecule has 0 fully saturated rings. The summed E-state index contributed by atoms with van der Waals surface area (Å²) in [6, 6.07) is 19.1. The topological polar surface area (TPSA) is 74.9 Å². The van der Waals surface area contributed by atoms with Crippen LogP contribution in [0, 0.1) is 12.7 Å². The molecule has 0 aliphatic carbocycles. The second-order valence-electron chi connectivity index (χ2n) is 10.4. The number of hydrogen-bond donors (Lipinski definition) is 0. The minimum Gasteiger partial charge on any atom is -0.496 e. The molecule has 226 valence electrons. The van der Waals surface area contributed by atoms with Gasteiger partial charge in [0.2, 0.25) is 0 Å². The molecule has 1 heterocycles. The Labute approximate surface area is 268 Å². The average Bonchev–Trinajstić information content (AvgIpc) is 3.02. The van der Waals surface area contributed by atoms with E-state index in [0.717, 1.165) is 22.4 Å². The number of aromatic nitrogens is 2. The second kappa shape index (κ2) is 13.2. The van der Waals surface area contributed by atoms with E-state index in [1.165, 1.54) is 24.1 Å². The third kappa shape index (κ3) is 6.07. The Morgan fingerprint density at radius 3 is 2.45 bits per heavy atom. The molecule has 0 aliphatic rings. The maximum absolute atomic E-state index is 14.2. The van der Waals surface area contributed by atoms with Crippen molar-refractivity contribution in [2.24, 2.45) is 5.10 Å². The summed E-state index contributed by atoms with van der Waals surface area (Å²) in [5.74, 6) is 1.48. The van der Waals surface area contributed by atoms with Gasteiger partial charge >= 0.3 is 0 Å². The number of fused-ring (bicyclic) bond motifs is 1. The highest BCUT2D eigenvalue weighted by molar-refractivity contribution is 9.10. The number of hydrogen-bond acceptors (Lipinski definition) is 6. The monoisotopic (exact) mass is 677 g/mol. The Kier molecular flexibility index (Phi) is 9.36. The van der Waals surface area contributed by atoms with E-state index < -0.39 is 0 Å². The van der Waals surface area contributed by atoms with Crippen molar-refractivity contribution in [1.82, 2.24) is 9.66 Å². The Balaban J connectivity index is 1.63. The lowest BCUT2D eigenvalue weighted by molar-refractivity contribution is 0.279. The van der Waals surface area contributed by atoms with Gasteiger partial charge in [-0.15, -0.1) is 0 Å². The minimum absolute atomic E-state index is 0.0519. The van der Waals surface area contributed by atoms with Crippen LogP contribution in [0.5, 0.6) is 17.2 Å². The smallest absolute Gasteiger partial charge is 0.282 e. The number of halogens is 3. The van der Waals surface area contributed by atoms with Crippen LogP contribution < -0.4 is 19.8 Å². The first-order valence-electron chi connectivity index (χ1n) is 13.8. The summed E-state index contributed by atoms with van der Waals surface area (Å²) < 4.78 is 33.0. The first-order chi connectivity index (χ1) is 21.1. The Morgan fingerprint density at radius 2 is 1.75 bits per heavy atom. The van der Waals surface area contributed by atoms with Crippen LogP contribution in [0.25, 0.3) is 22.3 Å². The lowest BCUT2D eigenvalue weighted by atomic mass is 9.96. The molecule has 0 atom stereocenters. The third-order valence-corrected chi connectivity index (χ3v) is 8.65. The summed E-state index contributed by atoms with van der Waals surface area (Å²) in [5, 5.41) is 5.26. The first kappa shape index (κ1) is 31.2. The van der Waals surface area contributed by atoms with Crippen molar-refractivity contribution in [2.75, 3.05) is 14.2 Å². The van der Waals surface area contributed by atoms with Gasteiger partial charge in [-0.3, -0.25) is 4.79 Å². The van der Waals surface area contributed by atoms with Crippen LogP contribution in [0.1, 0.15) is 42.0 Å². The molecule has 0 amide bonds. The lowest BCUT2D eigenvalue weighted by Gasteiger charge is -2.17. The van der Waals surface area contributed by atoms with Gasteiger partial charge in [-0.05, 0) is 76.3 Å². The number of methoxy groups -OCH3 is 2. The van der Waals surface area contributed by atoms with Gasteiger partial charge in [0.05, 0.1) is 31.3 Å². The molecular weight excluding hydrogens is 649 g/mol. The molecule has 0 N–H and O–H groups in total. The predicted molar refractivity (Wildman–Crippen MR) is 176 cm³/mol. The van der Waals surface area contributed by atoms with Crippen LogP contribution in [0.15, 0.2) is 81.1 Å². The van der Waals surface area contributed by atoms with E-state index >= 15 is 0 Å². The molecule has 0 unspecified atom stereocenters. The fourth-order valence-electron chi connectivity index (χ4n) is 4.84. The van der Waals surface area contributed by atoms with Crippen LogP contribution in [-0.4, -0.2) is 30.1 Å². The summed E-state index contributed by atoms with van der Waals surface area (Å²) in [4.78, 5) is 18.7. The van der Waals surface area contributed by atoms with Crippen molar-refractivity contribution in [3.05, 3.63) is 115 Å². The quantitative estimate of drug-likeness (QED) is 0.146. The molecule has 4 aromatic carbocycles. The van der Waals surface area contributed by atoms with Gasteiger partial charge in [0.1, 0.15) is 23.2 Å². The summed E-state index contributed by atoms with van der Waals surface area (Å²) in [6.45, 7) is 6.05. The second-order valence-corrected chi connectivity index (χ2v) is 11.6. The van der Waals surface area contributed by atoms with E-state index in [2.05, 4.69) is 34.9 Å². The Bertz CT molecular complexity index is 1960. The maximum atomic E-state index is 14.2. The maximum Gasteiger partial charge on any atom is 0.282 e. The van der Waals surface area contributed by atoms with Crippen molar-refractivity contribution in [1.29, 1.82) is 0 Å². The minimum atomic E-state index is -0.386. The SMILES string of the molecule is COc1cc(C)c(-c2nc3ccccc3c(=O)n2N=Cc2cc(OC)c(OCc3ccccc3F)c(Cl)c2Br)cc1C(C)C. The van der Waals surface area contributed by atoms with Gasteiger partial charge in [-0.2, -0.15) is 9.78 Å². The molecule has 10 heteroatoms. The molecule has 5 aromatic rings. The van der Waals surface area contributed by atoms with Gasteiger partial charge in [-0.25, -0.2) is 9.37 Å². The van der Waals surface area contributed by atoms with Crippen LogP contribution >= 0.6 is 27.5 Å². The van der Waals surface area contributed by atoms with Crippen molar-refractivity contribution >= 4 is 44.6 Å². The largest absolute Gasteiger partial charge is 0.496 e. The van der Waals surface area contributed by atoms with Crippen molar-refractivity contribution in [3.8, 4) is 28.6 Å². The third-order valence-electron chi connectivity index (χ3n) is 7.21. The highest BCUT2D eigenvalue weighted by Gasteiger charge is 2.20. The standard InChI is InChI=1S/C34H30BrClFN3O4/c1-19(2)24-16-25(20(3)14-28(24)42-4)33-39-27-13-9-7-11-23(27)34(41)40(33)38-17-22-15-29(43-5)32(31(36)30(22)35)44-18-21-10-6-8-12-26(21)37/h6-17,19H,18H2,1-5H3. The first-order valence-corrected chi connectivity index (χ1v) is 15.0. The summed E-state index contributed by atoms with van der Waals surface area (Å²) in [5.41, 5.74) is 3.73. The molecule has 0 bridgehead atoms. The molecule has 0 aliphatic heterocycles. The zero-order valence-electron chi connectivity index (χ0n) is 24.8. The van der Waals surface area contributed by atoms with E-state index in [9.17, 15) is 9.18 Å². The fraction of sp³-hybridized carbons (Fsp3) is 0.206. The van der Waals surface area contributed by atoms with E-state index in [0.29, 0.717) is 38.1 Å². The molecule has 1 aromatic heterocycles. The van der Waals surface area contributed by atoms with Gasteiger partial charge in [0.25, 0.3) is 5.56 Å². The molecule has 0 saturated carbocycles. The number of para-hydroxylation sites is 1. The lowest BCUT2D eigenvalue weighted by Crippen LogP contribution is -2.21. The number of aryl methyl sites for hydroxylation is 1. The molecule has 7 nitrogen and oxygen atoms in total. The summed E-state index contributed by atoms with van der Waals surface area (Å²) in [6.07, 6.45) is 1.50. The number of rotatable bonds is 9. The molecule has 0 saturated heterocycles. The molecular formula is C34H30BrClFN3O4. The molecule has 5 rings (SSSR count). The predicted octanol–water partition coefficient (Wildman–Crippen LogP) is 8.53. The number of benzene rings is 4. The highest BCUT2D eigenvalue weighted by atomic mass is 79.9. The van der Waals surface area contributed by atoms with E-state index in [4.69, 9.17) is 30.8 Å². The zero-order chi connectivity index (χ0) is 31.5. The van der Waals surface area contributed by atoms with E-state index in [1.807, 2.05) is 25.1 Å². The zero-order valence-corrected chi connectivity index (χ0v) is 27.2. The van der Waals surface area contributed by atoms with Crippen LogP contribution in [0.4, 0.5) is 4.39 Å². The molecule has 44 heavy (non-hydrogen) atoms.